The van der Waals surface area contributed by atoms with E-state index >= 15 is 0 Å². The molecule has 1 N–H and O–H groups in total. The van der Waals surface area contributed by atoms with Crippen molar-refractivity contribution in [1.29, 1.82) is 0 Å². The van der Waals surface area contributed by atoms with E-state index in [2.05, 4.69) is 4.98 Å². The highest BCUT2D eigenvalue weighted by Gasteiger charge is 2.51. The van der Waals surface area contributed by atoms with Crippen LogP contribution in [0.3, 0.4) is 0 Å². The highest BCUT2D eigenvalue weighted by atomic mass is 16.5. The molecule has 138 valence electrons. The molecule has 4 rings (SSSR count). The molecule has 1 aromatic carbocycles. The monoisotopic (exact) mass is 356 g/mol. The van der Waals surface area contributed by atoms with Crippen LogP contribution in [0.25, 0.3) is 10.9 Å². The van der Waals surface area contributed by atoms with Gasteiger partial charge in [0, 0.05) is 37.7 Å². The van der Waals surface area contributed by atoms with Gasteiger partial charge in [-0.3, -0.25) is 14.5 Å². The third-order valence-electron chi connectivity index (χ3n) is 5.41. The third kappa shape index (κ3) is 2.68. The fourth-order valence-electron chi connectivity index (χ4n) is 3.95. The Bertz CT molecular complexity index is 853. The van der Waals surface area contributed by atoms with Crippen molar-refractivity contribution < 1.29 is 14.3 Å². The lowest BCUT2D eigenvalue weighted by Crippen LogP contribution is -2.73. The number of nitrogens with zero attached hydrogens (tertiary/aromatic N) is 3. The average molecular weight is 356 g/mol. The maximum absolute atomic E-state index is 12.8. The minimum Gasteiger partial charge on any atom is -0.368 e. The quantitative estimate of drug-likeness (QED) is 0.864. The molecule has 2 saturated heterocycles. The zero-order valence-corrected chi connectivity index (χ0v) is 15.4. The zero-order chi connectivity index (χ0) is 18.5. The molecule has 0 saturated carbocycles. The molecular weight excluding hydrogens is 332 g/mol. The number of para-hydroxylation sites is 1. The molecule has 1 aromatic heterocycles. The molecule has 26 heavy (non-hydrogen) atoms. The molecule has 0 aliphatic carbocycles. The van der Waals surface area contributed by atoms with E-state index in [-0.39, 0.29) is 23.5 Å². The van der Waals surface area contributed by atoms with Crippen molar-refractivity contribution in [1.82, 2.24) is 19.7 Å². The molecule has 2 aliphatic heterocycles. The molecular formula is C19H24N4O3. The predicted octanol–water partition coefficient (Wildman–Crippen LogP) is 0.781. The van der Waals surface area contributed by atoms with Gasteiger partial charge < -0.3 is 19.5 Å². The number of aromatic nitrogens is 1. The molecule has 1 spiro atoms. The molecule has 0 unspecified atom stereocenters. The fraction of sp³-hybridized carbons (Fsp3) is 0.474. The van der Waals surface area contributed by atoms with Crippen LogP contribution in [0.1, 0.15) is 10.4 Å². The first kappa shape index (κ1) is 17.1. The van der Waals surface area contributed by atoms with E-state index in [9.17, 15) is 9.59 Å². The van der Waals surface area contributed by atoms with E-state index in [1.807, 2.05) is 41.1 Å². The molecule has 2 aromatic rings. The number of benzene rings is 1. The van der Waals surface area contributed by atoms with Gasteiger partial charge in [-0.15, -0.1) is 0 Å². The number of carbonyl (C=O) groups excluding carboxylic acids is 2. The first-order valence-electron chi connectivity index (χ1n) is 8.81. The van der Waals surface area contributed by atoms with Crippen molar-refractivity contribution in [2.24, 2.45) is 0 Å². The van der Waals surface area contributed by atoms with Crippen molar-refractivity contribution in [3.63, 3.8) is 0 Å². The topological polar surface area (TPSA) is 68.9 Å². The Morgan fingerprint density at radius 3 is 2.65 bits per heavy atom. The summed E-state index contributed by atoms with van der Waals surface area (Å²) in [6, 6.07) is 7.55. The fourth-order valence-corrected chi connectivity index (χ4v) is 3.95. The number of morpholine rings is 1. The average Bonchev–Trinajstić information content (AvgIpc) is 3.02. The summed E-state index contributed by atoms with van der Waals surface area (Å²) in [4.78, 5) is 33.7. The minimum absolute atomic E-state index is 0.0193. The summed E-state index contributed by atoms with van der Waals surface area (Å²) < 4.78 is 6.05. The Kier molecular flexibility index (Phi) is 4.00. The van der Waals surface area contributed by atoms with Gasteiger partial charge in [0.2, 0.25) is 5.91 Å². The normalized spacial score (nSPS) is 22.4. The van der Waals surface area contributed by atoms with Crippen LogP contribution < -0.4 is 0 Å². The van der Waals surface area contributed by atoms with Crippen LogP contribution >= 0.6 is 0 Å². The molecule has 0 bridgehead atoms. The van der Waals surface area contributed by atoms with E-state index in [1.54, 1.807) is 25.2 Å². The van der Waals surface area contributed by atoms with Gasteiger partial charge in [-0.2, -0.15) is 0 Å². The smallest absolute Gasteiger partial charge is 0.256 e. The lowest BCUT2D eigenvalue weighted by Gasteiger charge is -2.54. The number of nitrogens with one attached hydrogen (secondary N) is 1. The Morgan fingerprint density at radius 1 is 1.23 bits per heavy atom. The van der Waals surface area contributed by atoms with Crippen LogP contribution in [0.5, 0.6) is 0 Å². The maximum Gasteiger partial charge on any atom is 0.256 e. The number of H-pyrrole nitrogens is 1. The molecule has 3 heterocycles. The number of hydrogen-bond acceptors (Lipinski definition) is 4. The molecule has 2 fully saturated rings. The molecule has 7 heteroatoms. The van der Waals surface area contributed by atoms with Gasteiger partial charge in [-0.05, 0) is 13.1 Å². The lowest BCUT2D eigenvalue weighted by molar-refractivity contribution is -0.190. The van der Waals surface area contributed by atoms with Crippen LogP contribution in [-0.4, -0.2) is 90.5 Å². The second kappa shape index (κ2) is 6.10. The van der Waals surface area contributed by atoms with Crippen molar-refractivity contribution in [3.05, 3.63) is 36.0 Å². The Morgan fingerprint density at radius 2 is 1.96 bits per heavy atom. The molecule has 1 atom stereocenters. The second-order valence-corrected chi connectivity index (χ2v) is 7.57. The van der Waals surface area contributed by atoms with Gasteiger partial charge in [-0.25, -0.2) is 0 Å². The van der Waals surface area contributed by atoms with Gasteiger partial charge in [0.05, 0.1) is 25.3 Å². The number of ether oxygens (including phenoxy) is 1. The summed E-state index contributed by atoms with van der Waals surface area (Å²) in [7, 11) is 5.46. The number of aromatic amines is 1. The summed E-state index contributed by atoms with van der Waals surface area (Å²) in [6.07, 6.45) is 1.78. The second-order valence-electron chi connectivity index (χ2n) is 7.57. The van der Waals surface area contributed by atoms with E-state index in [1.165, 1.54) is 0 Å². The van der Waals surface area contributed by atoms with Crippen molar-refractivity contribution in [3.8, 4) is 0 Å². The van der Waals surface area contributed by atoms with Crippen molar-refractivity contribution in [2.75, 3.05) is 47.4 Å². The number of amides is 2. The summed E-state index contributed by atoms with van der Waals surface area (Å²) in [5, 5.41) is 0.941. The third-order valence-corrected chi connectivity index (χ3v) is 5.41. The van der Waals surface area contributed by atoms with Crippen LogP contribution in [0.15, 0.2) is 30.5 Å². The standard InChI is InChI=1S/C19H24N4O3/c1-21(2)18(25)16-9-26-19(10-22(16)3)11-23(12-19)17(24)14-8-20-15-7-5-4-6-13(14)15/h4-8,16,20H,9-12H2,1-3H3/t16-/m1/s1. The number of rotatable bonds is 2. The summed E-state index contributed by atoms with van der Waals surface area (Å²) in [5.41, 5.74) is 1.30. The number of likely N-dealkylation sites (N-methyl/N-ethyl adjacent to an activating group) is 2. The van der Waals surface area contributed by atoms with Gasteiger partial charge in [-0.1, -0.05) is 18.2 Å². The summed E-state index contributed by atoms with van der Waals surface area (Å²) in [5.74, 6) is 0.0687. The van der Waals surface area contributed by atoms with Crippen LogP contribution in [0, 0.1) is 0 Å². The van der Waals surface area contributed by atoms with Gasteiger partial charge in [0.1, 0.15) is 11.6 Å². The highest BCUT2D eigenvalue weighted by molar-refractivity contribution is 6.07. The number of hydrogen-bond donors (Lipinski definition) is 1. The highest BCUT2D eigenvalue weighted by Crippen LogP contribution is 2.32. The van der Waals surface area contributed by atoms with Crippen molar-refractivity contribution >= 4 is 22.7 Å². The SMILES string of the molecule is CN(C)C(=O)[C@H]1COC2(CN(C(=O)c3c[nH]c4ccccc34)C2)CN1C. The predicted molar refractivity (Wildman–Crippen MR) is 98.0 cm³/mol. The Labute approximate surface area is 152 Å². The van der Waals surface area contributed by atoms with E-state index in [0.717, 1.165) is 10.9 Å². The summed E-state index contributed by atoms with van der Waals surface area (Å²) in [6.45, 7) is 2.12. The number of likely N-dealkylation sites (tertiary alicyclic amines) is 1. The van der Waals surface area contributed by atoms with E-state index in [4.69, 9.17) is 4.74 Å². The maximum atomic E-state index is 12.8. The van der Waals surface area contributed by atoms with Gasteiger partial charge in [0.25, 0.3) is 5.91 Å². The zero-order valence-electron chi connectivity index (χ0n) is 15.4. The first-order chi connectivity index (χ1) is 12.4. The molecule has 7 nitrogen and oxygen atoms in total. The van der Waals surface area contributed by atoms with Gasteiger partial charge >= 0.3 is 0 Å². The molecule has 2 amide bonds. The molecule has 0 radical (unpaired) electrons. The van der Waals surface area contributed by atoms with Crippen LogP contribution in [-0.2, 0) is 9.53 Å². The van der Waals surface area contributed by atoms with Crippen molar-refractivity contribution in [2.45, 2.75) is 11.6 Å². The molecule has 2 aliphatic rings. The van der Waals surface area contributed by atoms with Crippen LogP contribution in [0.4, 0.5) is 0 Å². The number of carbonyl (C=O) groups is 2. The number of fused-ring (bicyclic) bond motifs is 1. The Balaban J connectivity index is 1.42. The minimum atomic E-state index is -0.361. The largest absolute Gasteiger partial charge is 0.368 e. The lowest BCUT2D eigenvalue weighted by atomic mass is 9.90. The summed E-state index contributed by atoms with van der Waals surface area (Å²) >= 11 is 0. The van der Waals surface area contributed by atoms with E-state index in [0.29, 0.717) is 31.8 Å². The van der Waals surface area contributed by atoms with Gasteiger partial charge in [0.15, 0.2) is 0 Å². The van der Waals surface area contributed by atoms with Crippen LogP contribution in [0.2, 0.25) is 0 Å². The Hall–Kier alpha value is -2.38. The first-order valence-corrected chi connectivity index (χ1v) is 8.81. The van der Waals surface area contributed by atoms with E-state index < -0.39 is 0 Å².